The first kappa shape index (κ1) is 10.4. The third kappa shape index (κ3) is 2.68. The zero-order valence-electron chi connectivity index (χ0n) is 9.11. The Labute approximate surface area is 91.5 Å². The number of carbonyl (C=O) groups excluding carboxylic acids is 1. The van der Waals surface area contributed by atoms with Gasteiger partial charge in [-0.1, -0.05) is 49.9 Å². The van der Waals surface area contributed by atoms with E-state index >= 15 is 0 Å². The van der Waals surface area contributed by atoms with Gasteiger partial charge in [0.05, 0.1) is 0 Å². The molecule has 2 rings (SSSR count). The molecule has 0 heterocycles. The third-order valence-electron chi connectivity index (χ3n) is 3.40. The van der Waals surface area contributed by atoms with Crippen molar-refractivity contribution in [1.82, 2.24) is 0 Å². The van der Waals surface area contributed by atoms with Crippen LogP contribution < -0.4 is 0 Å². The van der Waals surface area contributed by atoms with Gasteiger partial charge in [0.1, 0.15) is 6.29 Å². The second-order valence-electron chi connectivity index (χ2n) is 4.47. The van der Waals surface area contributed by atoms with E-state index in [2.05, 4.69) is 12.1 Å². The van der Waals surface area contributed by atoms with Gasteiger partial charge in [-0.2, -0.15) is 0 Å². The molecule has 1 aromatic carbocycles. The van der Waals surface area contributed by atoms with E-state index in [1.54, 1.807) is 0 Å². The molecule has 1 aromatic rings. The predicted octanol–water partition coefficient (Wildman–Crippen LogP) is 3.94. The highest BCUT2D eigenvalue weighted by atomic mass is 16.1. The molecule has 80 valence electrons. The molecule has 1 saturated carbocycles. The average molecular weight is 202 g/mol. The maximum Gasteiger partial charge on any atom is 0.150 e. The lowest BCUT2D eigenvalue weighted by atomic mass is 9.91. The number of benzene rings is 1. The van der Waals surface area contributed by atoms with Gasteiger partial charge >= 0.3 is 0 Å². The number of rotatable bonds is 2. The summed E-state index contributed by atoms with van der Waals surface area (Å²) in [6.45, 7) is 0. The summed E-state index contributed by atoms with van der Waals surface area (Å²) in [7, 11) is 0. The topological polar surface area (TPSA) is 17.1 Å². The molecule has 0 unspecified atom stereocenters. The van der Waals surface area contributed by atoms with Crippen LogP contribution in [0.4, 0.5) is 0 Å². The predicted molar refractivity (Wildman–Crippen MR) is 62.3 cm³/mol. The van der Waals surface area contributed by atoms with Crippen molar-refractivity contribution in [1.29, 1.82) is 0 Å². The molecule has 15 heavy (non-hydrogen) atoms. The summed E-state index contributed by atoms with van der Waals surface area (Å²) >= 11 is 0. The lowest BCUT2D eigenvalue weighted by Crippen LogP contribution is -1.97. The molecule has 0 spiro atoms. The fourth-order valence-electron chi connectivity index (χ4n) is 2.46. The number of aldehydes is 1. The van der Waals surface area contributed by atoms with Crippen molar-refractivity contribution in [2.45, 2.75) is 44.4 Å². The van der Waals surface area contributed by atoms with Crippen LogP contribution in [0.3, 0.4) is 0 Å². The smallest absolute Gasteiger partial charge is 0.150 e. The summed E-state index contributed by atoms with van der Waals surface area (Å²) in [5.74, 6) is 0.730. The quantitative estimate of drug-likeness (QED) is 0.524. The summed E-state index contributed by atoms with van der Waals surface area (Å²) in [4.78, 5) is 10.5. The van der Waals surface area contributed by atoms with E-state index in [1.807, 2.05) is 12.1 Å². The van der Waals surface area contributed by atoms with Gasteiger partial charge < -0.3 is 0 Å². The first-order valence-corrected chi connectivity index (χ1v) is 5.95. The summed E-state index contributed by atoms with van der Waals surface area (Å²) in [5, 5.41) is 0. The van der Waals surface area contributed by atoms with Gasteiger partial charge in [-0.25, -0.2) is 0 Å². The molecule has 0 aromatic heterocycles. The van der Waals surface area contributed by atoms with Crippen molar-refractivity contribution >= 4 is 6.29 Å². The monoisotopic (exact) mass is 202 g/mol. The van der Waals surface area contributed by atoms with E-state index in [-0.39, 0.29) is 0 Å². The lowest BCUT2D eigenvalue weighted by Gasteiger charge is -2.14. The number of hydrogen-bond donors (Lipinski definition) is 0. The molecule has 0 bridgehead atoms. The third-order valence-corrected chi connectivity index (χ3v) is 3.40. The summed E-state index contributed by atoms with van der Waals surface area (Å²) in [6, 6.07) is 8.12. The van der Waals surface area contributed by atoms with Gasteiger partial charge in [-0.05, 0) is 24.3 Å². The van der Waals surface area contributed by atoms with Gasteiger partial charge in [0.2, 0.25) is 0 Å². The fraction of sp³-hybridized carbons (Fsp3) is 0.500. The van der Waals surface area contributed by atoms with E-state index in [4.69, 9.17) is 0 Å². The van der Waals surface area contributed by atoms with Crippen LogP contribution in [0.25, 0.3) is 0 Å². The molecular formula is C14H18O. The van der Waals surface area contributed by atoms with Gasteiger partial charge in [0.15, 0.2) is 0 Å². The van der Waals surface area contributed by atoms with Gasteiger partial charge in [-0.3, -0.25) is 4.79 Å². The SMILES string of the molecule is O=Cc1ccc(C2CCCCCC2)cc1. The number of hydrogen-bond acceptors (Lipinski definition) is 1. The Hall–Kier alpha value is -1.11. The first-order chi connectivity index (χ1) is 7.40. The maximum atomic E-state index is 10.5. The maximum absolute atomic E-state index is 10.5. The summed E-state index contributed by atoms with van der Waals surface area (Å²) in [5.41, 5.74) is 2.20. The standard InChI is InChI=1S/C14H18O/c15-11-12-7-9-14(10-8-12)13-5-3-1-2-4-6-13/h7-11,13H,1-6H2. The molecule has 0 atom stereocenters. The minimum absolute atomic E-state index is 0.730. The Morgan fingerprint density at radius 2 is 1.53 bits per heavy atom. The zero-order valence-corrected chi connectivity index (χ0v) is 9.11. The number of carbonyl (C=O) groups is 1. The van der Waals surface area contributed by atoms with Gasteiger partial charge in [-0.15, -0.1) is 0 Å². The molecule has 1 heteroatoms. The van der Waals surface area contributed by atoms with Crippen molar-refractivity contribution in [3.63, 3.8) is 0 Å². The molecule has 0 N–H and O–H groups in total. The van der Waals surface area contributed by atoms with Crippen LogP contribution in [-0.4, -0.2) is 6.29 Å². The molecule has 1 nitrogen and oxygen atoms in total. The Morgan fingerprint density at radius 1 is 0.933 bits per heavy atom. The van der Waals surface area contributed by atoms with Crippen molar-refractivity contribution in [2.24, 2.45) is 0 Å². The fourth-order valence-corrected chi connectivity index (χ4v) is 2.46. The van der Waals surface area contributed by atoms with Crippen molar-refractivity contribution < 1.29 is 4.79 Å². The van der Waals surface area contributed by atoms with Crippen molar-refractivity contribution in [3.05, 3.63) is 35.4 Å². The molecule has 0 radical (unpaired) electrons. The minimum Gasteiger partial charge on any atom is -0.298 e. The first-order valence-electron chi connectivity index (χ1n) is 5.95. The highest BCUT2D eigenvalue weighted by Gasteiger charge is 2.13. The van der Waals surface area contributed by atoms with E-state index in [1.165, 1.54) is 44.1 Å². The van der Waals surface area contributed by atoms with Crippen LogP contribution in [0.5, 0.6) is 0 Å². The molecule has 0 aliphatic heterocycles. The highest BCUT2D eigenvalue weighted by Crippen LogP contribution is 2.31. The van der Waals surface area contributed by atoms with Crippen LogP contribution in [0.2, 0.25) is 0 Å². The molecular weight excluding hydrogens is 184 g/mol. The molecule has 1 aliphatic carbocycles. The van der Waals surface area contributed by atoms with Crippen LogP contribution in [0.15, 0.2) is 24.3 Å². The Kier molecular flexibility index (Phi) is 3.54. The highest BCUT2D eigenvalue weighted by molar-refractivity contribution is 5.74. The van der Waals surface area contributed by atoms with E-state index < -0.39 is 0 Å². The van der Waals surface area contributed by atoms with Gasteiger partial charge in [0.25, 0.3) is 0 Å². The van der Waals surface area contributed by atoms with Crippen LogP contribution in [-0.2, 0) is 0 Å². The molecule has 0 saturated heterocycles. The average Bonchev–Trinajstić information content (AvgIpc) is 2.58. The normalized spacial score (nSPS) is 18.4. The van der Waals surface area contributed by atoms with Crippen molar-refractivity contribution in [3.8, 4) is 0 Å². The van der Waals surface area contributed by atoms with E-state index in [0.29, 0.717) is 0 Å². The van der Waals surface area contributed by atoms with Crippen LogP contribution >= 0.6 is 0 Å². The largest absolute Gasteiger partial charge is 0.298 e. The Balaban J connectivity index is 2.09. The lowest BCUT2D eigenvalue weighted by molar-refractivity contribution is 0.112. The molecule has 1 aliphatic rings. The molecule has 0 amide bonds. The van der Waals surface area contributed by atoms with E-state index in [9.17, 15) is 4.79 Å². The van der Waals surface area contributed by atoms with Crippen molar-refractivity contribution in [2.75, 3.05) is 0 Å². The zero-order chi connectivity index (χ0) is 10.5. The Morgan fingerprint density at radius 3 is 2.07 bits per heavy atom. The minimum atomic E-state index is 0.730. The molecule has 1 fully saturated rings. The summed E-state index contributed by atoms with van der Waals surface area (Å²) in [6.07, 6.45) is 9.06. The second-order valence-corrected chi connectivity index (χ2v) is 4.47. The van der Waals surface area contributed by atoms with Crippen LogP contribution in [0.1, 0.15) is 60.4 Å². The second kappa shape index (κ2) is 5.11. The summed E-state index contributed by atoms with van der Waals surface area (Å²) < 4.78 is 0. The van der Waals surface area contributed by atoms with Crippen LogP contribution in [0, 0.1) is 0 Å². The van der Waals surface area contributed by atoms with Gasteiger partial charge in [0, 0.05) is 5.56 Å². The Bertz CT molecular complexity index is 305. The van der Waals surface area contributed by atoms with E-state index in [0.717, 1.165) is 17.8 Å².